The molecular weight excluding hydrogens is 594 g/mol. The van der Waals surface area contributed by atoms with E-state index < -0.39 is 10.0 Å². The van der Waals surface area contributed by atoms with Crippen molar-refractivity contribution in [3.8, 4) is 11.5 Å². The molecule has 1 saturated heterocycles. The van der Waals surface area contributed by atoms with Crippen molar-refractivity contribution in [1.29, 1.82) is 0 Å². The van der Waals surface area contributed by atoms with Crippen LogP contribution in [0.3, 0.4) is 0 Å². The number of ether oxygens (including phenoxy) is 7. The quantitative estimate of drug-likeness (QED) is 0.424. The number of rotatable bonds is 5. The Morgan fingerprint density at radius 1 is 0.636 bits per heavy atom. The maximum Gasteiger partial charge on any atom is 0.229 e. The Kier molecular flexibility index (Phi) is 11.6. The summed E-state index contributed by atoms with van der Waals surface area (Å²) in [4.78, 5) is 11.8. The van der Waals surface area contributed by atoms with Crippen LogP contribution in [0, 0.1) is 0 Å². The minimum absolute atomic E-state index is 0.318. The van der Waals surface area contributed by atoms with Crippen molar-refractivity contribution in [2.75, 3.05) is 114 Å². The van der Waals surface area contributed by atoms with E-state index in [0.717, 1.165) is 11.9 Å². The summed E-state index contributed by atoms with van der Waals surface area (Å²) in [6, 6.07) is 10.6. The first kappa shape index (κ1) is 31.9. The number of aromatic nitrogens is 2. The van der Waals surface area contributed by atoms with Gasteiger partial charge in [0.25, 0.3) is 0 Å². The fourth-order valence-electron chi connectivity index (χ4n) is 4.54. The van der Waals surface area contributed by atoms with Gasteiger partial charge < -0.3 is 43.4 Å². The van der Waals surface area contributed by atoms with Gasteiger partial charge in [-0.15, -0.1) is 0 Å². The predicted octanol–water partition coefficient (Wildman–Crippen LogP) is 2.42. The molecule has 0 saturated carbocycles. The Balaban J connectivity index is 1.38. The van der Waals surface area contributed by atoms with Crippen LogP contribution in [0.2, 0.25) is 0 Å². The highest BCUT2D eigenvalue weighted by molar-refractivity contribution is 7.92. The molecule has 0 spiro atoms. The largest absolute Gasteiger partial charge is 0.487 e. The Morgan fingerprint density at radius 3 is 1.84 bits per heavy atom. The van der Waals surface area contributed by atoms with Crippen LogP contribution >= 0.6 is 0 Å². The minimum Gasteiger partial charge on any atom is -0.487 e. The summed E-state index contributed by atoms with van der Waals surface area (Å²) in [6.45, 7) is 6.72. The highest BCUT2D eigenvalue weighted by Crippen LogP contribution is 2.34. The Bertz CT molecular complexity index is 1470. The van der Waals surface area contributed by atoms with Crippen molar-refractivity contribution in [3.05, 3.63) is 36.4 Å². The molecule has 2 aliphatic heterocycles. The van der Waals surface area contributed by atoms with Crippen LogP contribution in [-0.2, 0) is 33.7 Å². The molecule has 2 aromatic carbocycles. The highest BCUT2D eigenvalue weighted by Gasteiger charge is 2.20. The van der Waals surface area contributed by atoms with E-state index in [9.17, 15) is 8.42 Å². The van der Waals surface area contributed by atoms with Crippen LogP contribution in [0.15, 0.2) is 36.4 Å². The van der Waals surface area contributed by atoms with Gasteiger partial charge in [0.05, 0.1) is 89.0 Å². The van der Waals surface area contributed by atoms with E-state index in [1.165, 1.54) is 0 Å². The molecule has 0 atom stereocenters. The first-order valence-electron chi connectivity index (χ1n) is 14.5. The Labute approximate surface area is 256 Å². The summed E-state index contributed by atoms with van der Waals surface area (Å²) in [5, 5.41) is 3.41. The summed E-state index contributed by atoms with van der Waals surface area (Å²) in [6.07, 6.45) is 1.11. The normalized spacial score (nSPS) is 18.2. The van der Waals surface area contributed by atoms with Crippen molar-refractivity contribution < 1.29 is 41.6 Å². The van der Waals surface area contributed by atoms with Gasteiger partial charge in [0, 0.05) is 24.8 Å². The minimum atomic E-state index is -3.44. The first-order valence-corrected chi connectivity index (χ1v) is 16.4. The third kappa shape index (κ3) is 9.77. The summed E-state index contributed by atoms with van der Waals surface area (Å²) in [7, 11) is -3.44. The van der Waals surface area contributed by atoms with Crippen LogP contribution in [-0.4, -0.2) is 117 Å². The van der Waals surface area contributed by atoms with Gasteiger partial charge in [0.15, 0.2) is 23.1 Å². The summed E-state index contributed by atoms with van der Waals surface area (Å²) < 4.78 is 65.9. The smallest absolute Gasteiger partial charge is 0.229 e. The fourth-order valence-corrected chi connectivity index (χ4v) is 5.09. The summed E-state index contributed by atoms with van der Waals surface area (Å²) in [5.41, 5.74) is 2.30. The molecule has 3 aromatic rings. The molecule has 2 N–H and O–H groups in total. The van der Waals surface area contributed by atoms with Crippen LogP contribution in [0.4, 0.5) is 23.0 Å². The highest BCUT2D eigenvalue weighted by atomic mass is 32.2. The maximum atomic E-state index is 11.8. The zero-order valence-electron chi connectivity index (χ0n) is 24.8. The molecule has 0 aliphatic carbocycles. The van der Waals surface area contributed by atoms with Crippen molar-refractivity contribution in [1.82, 2.24) is 9.97 Å². The van der Waals surface area contributed by atoms with Gasteiger partial charge in [-0.3, -0.25) is 4.72 Å². The molecule has 5 rings (SSSR count). The number of nitrogens with zero attached hydrogens (tertiary/aromatic N) is 3. The second-order valence-corrected chi connectivity index (χ2v) is 11.8. The molecule has 0 amide bonds. The lowest BCUT2D eigenvalue weighted by molar-refractivity contribution is -0.00841. The monoisotopic (exact) mass is 633 g/mol. The zero-order chi connectivity index (χ0) is 30.6. The van der Waals surface area contributed by atoms with Gasteiger partial charge in [-0.25, -0.2) is 18.4 Å². The van der Waals surface area contributed by atoms with Crippen LogP contribution in [0.25, 0.3) is 11.0 Å². The van der Waals surface area contributed by atoms with Crippen LogP contribution in [0.1, 0.15) is 0 Å². The van der Waals surface area contributed by atoms with E-state index in [1.54, 1.807) is 18.2 Å². The number of nitrogens with one attached hydrogen (secondary N) is 2. The van der Waals surface area contributed by atoms with Crippen LogP contribution < -0.4 is 24.4 Å². The lowest BCUT2D eigenvalue weighted by atomic mass is 10.2. The van der Waals surface area contributed by atoms with E-state index in [-0.39, 0.29) is 0 Å². The predicted molar refractivity (Wildman–Crippen MR) is 165 cm³/mol. The molecule has 1 fully saturated rings. The average molecular weight is 634 g/mol. The Hall–Kier alpha value is -3.47. The SMILES string of the molecule is CS(=O)(=O)Nc1ccc2nc(Nc3ccc4c(c3)OCCOCCOCCOCCOCCO4)c(N3CCOCC3)nc2c1. The molecule has 2 aliphatic rings. The number of sulfonamides is 1. The van der Waals surface area contributed by atoms with Gasteiger partial charge in [0.2, 0.25) is 10.0 Å². The van der Waals surface area contributed by atoms with E-state index in [1.807, 2.05) is 18.2 Å². The van der Waals surface area contributed by atoms with Gasteiger partial charge in [-0.2, -0.15) is 0 Å². The van der Waals surface area contributed by atoms with E-state index in [4.69, 9.17) is 43.1 Å². The summed E-state index contributed by atoms with van der Waals surface area (Å²) >= 11 is 0. The molecule has 3 heterocycles. The number of morpholine rings is 1. The Morgan fingerprint density at radius 2 is 1.20 bits per heavy atom. The maximum absolute atomic E-state index is 11.8. The third-order valence-electron chi connectivity index (χ3n) is 6.55. The van der Waals surface area contributed by atoms with Crippen molar-refractivity contribution in [2.24, 2.45) is 0 Å². The number of hydrogen-bond acceptors (Lipinski definition) is 13. The van der Waals surface area contributed by atoms with Crippen molar-refractivity contribution in [3.63, 3.8) is 0 Å². The second-order valence-electron chi connectivity index (χ2n) is 10.0. The van der Waals surface area contributed by atoms with Gasteiger partial charge >= 0.3 is 0 Å². The van der Waals surface area contributed by atoms with Gasteiger partial charge in [-0.05, 0) is 30.3 Å². The number of hydrogen-bond donors (Lipinski definition) is 2. The number of benzene rings is 2. The van der Waals surface area contributed by atoms with Crippen molar-refractivity contribution >= 4 is 44.1 Å². The van der Waals surface area contributed by atoms with Crippen molar-refractivity contribution in [2.45, 2.75) is 0 Å². The number of fused-ring (bicyclic) bond motifs is 2. The molecular formula is C29H39N5O9S. The molecule has 44 heavy (non-hydrogen) atoms. The van der Waals surface area contributed by atoms with E-state index in [2.05, 4.69) is 14.9 Å². The molecule has 0 radical (unpaired) electrons. The molecule has 240 valence electrons. The first-order chi connectivity index (χ1) is 21.4. The van der Waals surface area contributed by atoms with Crippen LogP contribution in [0.5, 0.6) is 11.5 Å². The van der Waals surface area contributed by atoms with Gasteiger partial charge in [-0.1, -0.05) is 0 Å². The number of anilines is 4. The fraction of sp³-hybridized carbons (Fsp3) is 0.517. The van der Waals surface area contributed by atoms with E-state index >= 15 is 0 Å². The second kappa shape index (κ2) is 16.0. The third-order valence-corrected chi connectivity index (χ3v) is 7.16. The molecule has 1 aromatic heterocycles. The molecule has 0 bridgehead atoms. The topological polar surface area (TPSA) is 152 Å². The summed E-state index contributed by atoms with van der Waals surface area (Å²) in [5.74, 6) is 2.29. The molecule has 15 heteroatoms. The lowest BCUT2D eigenvalue weighted by Gasteiger charge is -2.29. The average Bonchev–Trinajstić information content (AvgIpc) is 3.00. The van der Waals surface area contributed by atoms with E-state index in [0.29, 0.717) is 132 Å². The molecule has 0 unspecified atom stereocenters. The van der Waals surface area contributed by atoms with Gasteiger partial charge in [0.1, 0.15) is 13.2 Å². The zero-order valence-corrected chi connectivity index (χ0v) is 25.6. The lowest BCUT2D eigenvalue weighted by Crippen LogP contribution is -2.37. The standard InChI is InChI=1S/C29H39N5O9S/c1-44(35,36)33-23-2-4-24-25(20-23)32-29(34-6-8-37-9-7-34)28(31-24)30-22-3-5-26-27(21-22)43-19-17-41-15-13-39-11-10-38-12-14-40-16-18-42-26/h2-5,20-21,33H,6-19H2,1H3,(H,30,31). The molecule has 14 nitrogen and oxygen atoms in total.